The fourth-order valence-corrected chi connectivity index (χ4v) is 2.39. The summed E-state index contributed by atoms with van der Waals surface area (Å²) in [6, 6.07) is 0.909. The van der Waals surface area contributed by atoms with Crippen molar-refractivity contribution in [3.8, 4) is 0 Å². The molecular weight excluding hydrogens is 178 g/mol. The SMILES string of the molecule is COC(=O)CC(C)N1CC(C)CC1C. The Labute approximate surface area is 86.4 Å². The molecule has 3 nitrogen and oxygen atoms in total. The van der Waals surface area contributed by atoms with Gasteiger partial charge in [0.2, 0.25) is 0 Å². The van der Waals surface area contributed by atoms with Gasteiger partial charge in [-0.1, -0.05) is 6.92 Å². The Morgan fingerprint density at radius 1 is 1.57 bits per heavy atom. The van der Waals surface area contributed by atoms with E-state index in [1.54, 1.807) is 0 Å². The van der Waals surface area contributed by atoms with Crippen LogP contribution in [0.3, 0.4) is 0 Å². The predicted molar refractivity (Wildman–Crippen MR) is 56.0 cm³/mol. The number of carbonyl (C=O) groups excluding carboxylic acids is 1. The highest BCUT2D eigenvalue weighted by molar-refractivity contribution is 5.69. The first-order valence-corrected chi connectivity index (χ1v) is 5.37. The molecule has 82 valence electrons. The van der Waals surface area contributed by atoms with Crippen LogP contribution in [0.1, 0.15) is 33.6 Å². The molecule has 1 saturated heterocycles. The molecule has 1 aliphatic heterocycles. The van der Waals surface area contributed by atoms with Crippen molar-refractivity contribution in [2.45, 2.75) is 45.7 Å². The summed E-state index contributed by atoms with van der Waals surface area (Å²) in [5, 5.41) is 0. The molecule has 3 heteroatoms. The van der Waals surface area contributed by atoms with E-state index >= 15 is 0 Å². The van der Waals surface area contributed by atoms with Gasteiger partial charge in [0.1, 0.15) is 0 Å². The fraction of sp³-hybridized carbons (Fsp3) is 0.909. The van der Waals surface area contributed by atoms with Gasteiger partial charge in [-0.25, -0.2) is 0 Å². The van der Waals surface area contributed by atoms with Crippen molar-refractivity contribution in [2.75, 3.05) is 13.7 Å². The number of rotatable bonds is 3. The monoisotopic (exact) mass is 199 g/mol. The molecule has 0 aromatic carbocycles. The van der Waals surface area contributed by atoms with E-state index in [4.69, 9.17) is 0 Å². The predicted octanol–water partition coefficient (Wildman–Crippen LogP) is 1.67. The number of carbonyl (C=O) groups is 1. The van der Waals surface area contributed by atoms with E-state index in [2.05, 4.69) is 30.4 Å². The summed E-state index contributed by atoms with van der Waals surface area (Å²) >= 11 is 0. The van der Waals surface area contributed by atoms with Crippen molar-refractivity contribution in [3.63, 3.8) is 0 Å². The summed E-state index contributed by atoms with van der Waals surface area (Å²) in [6.45, 7) is 7.71. The van der Waals surface area contributed by atoms with E-state index in [9.17, 15) is 4.79 Å². The lowest BCUT2D eigenvalue weighted by Crippen LogP contribution is -2.37. The Morgan fingerprint density at radius 3 is 2.64 bits per heavy atom. The summed E-state index contributed by atoms with van der Waals surface area (Å²) in [6.07, 6.45) is 1.75. The Morgan fingerprint density at radius 2 is 2.21 bits per heavy atom. The molecule has 0 aliphatic carbocycles. The molecule has 0 aromatic heterocycles. The van der Waals surface area contributed by atoms with Crippen LogP contribution in [0.4, 0.5) is 0 Å². The maximum absolute atomic E-state index is 11.1. The highest BCUT2D eigenvalue weighted by Gasteiger charge is 2.30. The Balaban J connectivity index is 2.44. The van der Waals surface area contributed by atoms with Gasteiger partial charge in [0.25, 0.3) is 0 Å². The van der Waals surface area contributed by atoms with Crippen LogP contribution >= 0.6 is 0 Å². The third-order valence-corrected chi connectivity index (χ3v) is 3.09. The van der Waals surface area contributed by atoms with Crippen LogP contribution in [-0.4, -0.2) is 36.6 Å². The highest BCUT2D eigenvalue weighted by Crippen LogP contribution is 2.25. The number of hydrogen-bond acceptors (Lipinski definition) is 3. The van der Waals surface area contributed by atoms with Crippen molar-refractivity contribution >= 4 is 5.97 Å². The second kappa shape index (κ2) is 4.78. The zero-order valence-electron chi connectivity index (χ0n) is 9.62. The standard InChI is InChI=1S/C11H21NO2/c1-8-5-9(2)12(7-8)10(3)6-11(13)14-4/h8-10H,5-7H2,1-4H3. The first-order chi connectivity index (χ1) is 6.54. The molecule has 1 aliphatic rings. The number of ether oxygens (including phenoxy) is 1. The zero-order chi connectivity index (χ0) is 10.7. The highest BCUT2D eigenvalue weighted by atomic mass is 16.5. The number of likely N-dealkylation sites (tertiary alicyclic amines) is 1. The van der Waals surface area contributed by atoms with Crippen LogP contribution in [0.5, 0.6) is 0 Å². The van der Waals surface area contributed by atoms with Gasteiger partial charge in [0.15, 0.2) is 0 Å². The Kier molecular flexibility index (Phi) is 3.93. The van der Waals surface area contributed by atoms with Crippen LogP contribution in [0.15, 0.2) is 0 Å². The number of methoxy groups -OCH3 is 1. The zero-order valence-corrected chi connectivity index (χ0v) is 9.62. The van der Waals surface area contributed by atoms with Gasteiger partial charge in [-0.05, 0) is 26.2 Å². The minimum atomic E-state index is -0.107. The second-order valence-electron chi connectivity index (χ2n) is 4.52. The summed E-state index contributed by atoms with van der Waals surface area (Å²) in [4.78, 5) is 13.5. The molecule has 14 heavy (non-hydrogen) atoms. The molecule has 0 saturated carbocycles. The first-order valence-electron chi connectivity index (χ1n) is 5.37. The van der Waals surface area contributed by atoms with Gasteiger partial charge in [-0.15, -0.1) is 0 Å². The van der Waals surface area contributed by atoms with Gasteiger partial charge in [0.05, 0.1) is 13.5 Å². The van der Waals surface area contributed by atoms with Gasteiger partial charge >= 0.3 is 5.97 Å². The second-order valence-corrected chi connectivity index (χ2v) is 4.52. The van der Waals surface area contributed by atoms with E-state index in [0.29, 0.717) is 18.5 Å². The Hall–Kier alpha value is -0.570. The molecule has 1 fully saturated rings. The summed E-state index contributed by atoms with van der Waals surface area (Å²) < 4.78 is 4.68. The van der Waals surface area contributed by atoms with Crippen molar-refractivity contribution in [3.05, 3.63) is 0 Å². The summed E-state index contributed by atoms with van der Waals surface area (Å²) in [5.74, 6) is 0.648. The summed E-state index contributed by atoms with van der Waals surface area (Å²) in [7, 11) is 1.45. The average Bonchev–Trinajstić information content (AvgIpc) is 2.45. The first kappa shape index (κ1) is 11.5. The molecule has 3 unspecified atom stereocenters. The molecule has 0 aromatic rings. The quantitative estimate of drug-likeness (QED) is 0.647. The van der Waals surface area contributed by atoms with Crippen molar-refractivity contribution < 1.29 is 9.53 Å². The smallest absolute Gasteiger partial charge is 0.307 e. The van der Waals surface area contributed by atoms with Gasteiger partial charge in [-0.2, -0.15) is 0 Å². The lowest BCUT2D eigenvalue weighted by molar-refractivity contribution is -0.141. The molecule has 0 spiro atoms. The maximum atomic E-state index is 11.1. The number of nitrogens with zero attached hydrogens (tertiary/aromatic N) is 1. The van der Waals surface area contributed by atoms with Crippen molar-refractivity contribution in [1.29, 1.82) is 0 Å². The molecule has 1 rings (SSSR count). The maximum Gasteiger partial charge on any atom is 0.307 e. The average molecular weight is 199 g/mol. The minimum Gasteiger partial charge on any atom is -0.469 e. The van der Waals surface area contributed by atoms with Crippen LogP contribution in [0.2, 0.25) is 0 Å². The third kappa shape index (κ3) is 2.71. The molecule has 0 radical (unpaired) electrons. The van der Waals surface area contributed by atoms with E-state index in [-0.39, 0.29) is 5.97 Å². The largest absolute Gasteiger partial charge is 0.469 e. The van der Waals surface area contributed by atoms with Crippen LogP contribution in [0, 0.1) is 5.92 Å². The van der Waals surface area contributed by atoms with E-state index in [1.165, 1.54) is 13.5 Å². The van der Waals surface area contributed by atoms with Gasteiger partial charge in [0, 0.05) is 18.6 Å². The third-order valence-electron chi connectivity index (χ3n) is 3.09. The van der Waals surface area contributed by atoms with Crippen LogP contribution < -0.4 is 0 Å². The molecule has 0 amide bonds. The normalized spacial score (nSPS) is 30.3. The van der Waals surface area contributed by atoms with Crippen molar-refractivity contribution in [1.82, 2.24) is 4.90 Å². The van der Waals surface area contributed by atoms with Gasteiger partial charge < -0.3 is 4.74 Å². The minimum absolute atomic E-state index is 0.107. The topological polar surface area (TPSA) is 29.5 Å². The summed E-state index contributed by atoms with van der Waals surface area (Å²) in [5.41, 5.74) is 0. The number of hydrogen-bond donors (Lipinski definition) is 0. The van der Waals surface area contributed by atoms with E-state index in [0.717, 1.165) is 12.5 Å². The lowest BCUT2D eigenvalue weighted by atomic mass is 10.1. The van der Waals surface area contributed by atoms with E-state index in [1.807, 2.05) is 0 Å². The van der Waals surface area contributed by atoms with E-state index < -0.39 is 0 Å². The molecule has 0 N–H and O–H groups in total. The van der Waals surface area contributed by atoms with Crippen LogP contribution in [-0.2, 0) is 9.53 Å². The Bertz CT molecular complexity index is 205. The molecule has 0 bridgehead atoms. The molecule has 3 atom stereocenters. The number of esters is 1. The fourth-order valence-electron chi connectivity index (χ4n) is 2.39. The lowest BCUT2D eigenvalue weighted by Gasteiger charge is -2.27. The van der Waals surface area contributed by atoms with Crippen LogP contribution in [0.25, 0.3) is 0 Å². The molecular formula is C11H21NO2. The molecule has 1 heterocycles. The van der Waals surface area contributed by atoms with Crippen molar-refractivity contribution in [2.24, 2.45) is 5.92 Å². The van der Waals surface area contributed by atoms with Gasteiger partial charge in [-0.3, -0.25) is 9.69 Å².